The average molecular weight is 366 g/mol. The Labute approximate surface area is 152 Å². The molecule has 9 heteroatoms. The molecule has 0 aliphatic carbocycles. The zero-order valence-corrected chi connectivity index (χ0v) is 15.6. The molecule has 3 rings (SSSR count). The van der Waals surface area contributed by atoms with Crippen molar-refractivity contribution in [1.29, 1.82) is 0 Å². The molecular formula is C16H27N7OS. The lowest BCUT2D eigenvalue weighted by molar-refractivity contribution is 0.0797. The van der Waals surface area contributed by atoms with Gasteiger partial charge in [0, 0.05) is 25.7 Å². The number of piperidine rings is 1. The first-order valence-electron chi connectivity index (χ1n) is 8.98. The highest BCUT2D eigenvalue weighted by molar-refractivity contribution is 6.99. The van der Waals surface area contributed by atoms with Crippen molar-refractivity contribution in [2.75, 3.05) is 43.9 Å². The third kappa shape index (κ3) is 5.57. The molecule has 138 valence electrons. The standard InChI is InChI=1S/C16H27N7OS/c1-17-15-16(21-25-20-15)18-7-3-6-10-24-23-13-14(11-19-23)12-22-8-4-2-5-9-22/h11,13H,2-10,12H2,1H3,(H,17,20)(H,18,21). The normalized spacial score (nSPS) is 15.2. The zero-order chi connectivity index (χ0) is 17.3. The summed E-state index contributed by atoms with van der Waals surface area (Å²) in [6.07, 6.45) is 9.85. The number of rotatable bonds is 10. The number of likely N-dealkylation sites (tertiary alicyclic amines) is 1. The van der Waals surface area contributed by atoms with E-state index in [1.165, 1.54) is 49.6 Å². The Kier molecular flexibility index (Phi) is 6.87. The fourth-order valence-electron chi connectivity index (χ4n) is 2.93. The van der Waals surface area contributed by atoms with Crippen LogP contribution in [0, 0.1) is 0 Å². The molecule has 1 aliphatic rings. The Morgan fingerprint density at radius 1 is 1.16 bits per heavy atom. The second-order valence-electron chi connectivity index (χ2n) is 6.27. The van der Waals surface area contributed by atoms with E-state index in [1.54, 1.807) is 4.85 Å². The highest BCUT2D eigenvalue weighted by Crippen LogP contribution is 2.17. The van der Waals surface area contributed by atoms with Crippen molar-refractivity contribution in [2.45, 2.75) is 38.6 Å². The van der Waals surface area contributed by atoms with Crippen molar-refractivity contribution in [2.24, 2.45) is 0 Å². The van der Waals surface area contributed by atoms with Gasteiger partial charge in [0.1, 0.15) is 6.61 Å². The molecule has 0 aromatic carbocycles. The molecule has 1 aliphatic heterocycles. The molecule has 0 radical (unpaired) electrons. The molecule has 0 saturated carbocycles. The van der Waals surface area contributed by atoms with Crippen LogP contribution in [0.2, 0.25) is 0 Å². The third-order valence-electron chi connectivity index (χ3n) is 4.28. The predicted octanol–water partition coefficient (Wildman–Crippen LogP) is 2.08. The summed E-state index contributed by atoms with van der Waals surface area (Å²) < 4.78 is 8.36. The minimum Gasteiger partial charge on any atom is -0.397 e. The second kappa shape index (κ2) is 9.57. The monoisotopic (exact) mass is 365 g/mol. The second-order valence-corrected chi connectivity index (χ2v) is 6.79. The summed E-state index contributed by atoms with van der Waals surface area (Å²) in [6, 6.07) is 0. The van der Waals surface area contributed by atoms with Gasteiger partial charge in [-0.05, 0) is 38.8 Å². The Morgan fingerprint density at radius 3 is 2.84 bits per heavy atom. The van der Waals surface area contributed by atoms with Crippen LogP contribution in [-0.4, -0.2) is 56.9 Å². The van der Waals surface area contributed by atoms with Crippen molar-refractivity contribution < 1.29 is 4.84 Å². The maximum Gasteiger partial charge on any atom is 0.184 e. The first kappa shape index (κ1) is 17.9. The van der Waals surface area contributed by atoms with Crippen LogP contribution in [0.5, 0.6) is 0 Å². The Bertz CT molecular complexity index is 624. The predicted molar refractivity (Wildman–Crippen MR) is 100.0 cm³/mol. The number of aromatic nitrogens is 4. The van der Waals surface area contributed by atoms with Crippen LogP contribution in [0.3, 0.4) is 0 Å². The van der Waals surface area contributed by atoms with Gasteiger partial charge in [0.05, 0.1) is 24.1 Å². The number of nitrogens with zero attached hydrogens (tertiary/aromatic N) is 5. The van der Waals surface area contributed by atoms with E-state index < -0.39 is 0 Å². The highest BCUT2D eigenvalue weighted by Gasteiger charge is 2.11. The number of hydrogen-bond donors (Lipinski definition) is 2. The first-order valence-corrected chi connectivity index (χ1v) is 9.71. The number of hydrogen-bond acceptors (Lipinski definition) is 8. The van der Waals surface area contributed by atoms with Crippen molar-refractivity contribution in [3.8, 4) is 0 Å². The van der Waals surface area contributed by atoms with Gasteiger partial charge >= 0.3 is 0 Å². The van der Waals surface area contributed by atoms with Gasteiger partial charge in [0.15, 0.2) is 11.6 Å². The lowest BCUT2D eigenvalue weighted by atomic mass is 10.1. The van der Waals surface area contributed by atoms with Crippen LogP contribution in [0.4, 0.5) is 11.6 Å². The molecule has 0 unspecified atom stereocenters. The van der Waals surface area contributed by atoms with Gasteiger partial charge in [-0.25, -0.2) is 0 Å². The Hall–Kier alpha value is -1.87. The summed E-state index contributed by atoms with van der Waals surface area (Å²) in [5.41, 5.74) is 1.22. The van der Waals surface area contributed by atoms with Gasteiger partial charge < -0.3 is 15.5 Å². The third-order valence-corrected chi connectivity index (χ3v) is 4.81. The maximum atomic E-state index is 5.68. The van der Waals surface area contributed by atoms with Crippen molar-refractivity contribution in [1.82, 2.24) is 23.6 Å². The smallest absolute Gasteiger partial charge is 0.184 e. The molecule has 2 aromatic rings. The van der Waals surface area contributed by atoms with E-state index in [0.29, 0.717) is 6.61 Å². The summed E-state index contributed by atoms with van der Waals surface area (Å²) in [5, 5.41) is 10.6. The minimum atomic E-state index is 0.653. The maximum absolute atomic E-state index is 5.68. The van der Waals surface area contributed by atoms with E-state index in [1.807, 2.05) is 19.4 Å². The molecule has 1 saturated heterocycles. The number of unbranched alkanes of at least 4 members (excludes halogenated alkanes) is 1. The molecule has 1 fully saturated rings. The molecule has 8 nitrogen and oxygen atoms in total. The van der Waals surface area contributed by atoms with Crippen LogP contribution in [0.15, 0.2) is 12.4 Å². The fourth-order valence-corrected chi connectivity index (χ4v) is 3.46. The quantitative estimate of drug-likeness (QED) is 0.624. The number of nitrogens with one attached hydrogen (secondary N) is 2. The van der Waals surface area contributed by atoms with Gasteiger partial charge in [-0.2, -0.15) is 8.75 Å². The van der Waals surface area contributed by atoms with E-state index in [2.05, 4.69) is 29.4 Å². The molecule has 0 spiro atoms. The van der Waals surface area contributed by atoms with E-state index in [4.69, 9.17) is 4.84 Å². The Morgan fingerprint density at radius 2 is 2.00 bits per heavy atom. The topological polar surface area (TPSA) is 80.1 Å². The molecule has 3 heterocycles. The van der Waals surface area contributed by atoms with Gasteiger partial charge in [-0.3, -0.25) is 4.90 Å². The summed E-state index contributed by atoms with van der Waals surface area (Å²) in [7, 11) is 1.85. The lowest BCUT2D eigenvalue weighted by Crippen LogP contribution is -2.28. The Balaban J connectivity index is 1.29. The van der Waals surface area contributed by atoms with Crippen molar-refractivity contribution in [3.05, 3.63) is 18.0 Å². The van der Waals surface area contributed by atoms with Crippen LogP contribution in [0.1, 0.15) is 37.7 Å². The first-order chi connectivity index (χ1) is 12.3. The fraction of sp³-hybridized carbons (Fsp3) is 0.688. The number of anilines is 2. The SMILES string of the molecule is CNc1nsnc1NCCCCOn1cc(CN2CCCCC2)cn1. The highest BCUT2D eigenvalue weighted by atomic mass is 32.1. The van der Waals surface area contributed by atoms with Crippen LogP contribution in [0.25, 0.3) is 0 Å². The molecule has 0 amide bonds. The van der Waals surface area contributed by atoms with Crippen LogP contribution < -0.4 is 15.5 Å². The molecule has 2 N–H and O–H groups in total. The van der Waals surface area contributed by atoms with E-state index in [-0.39, 0.29) is 0 Å². The van der Waals surface area contributed by atoms with Gasteiger partial charge in [0.2, 0.25) is 0 Å². The van der Waals surface area contributed by atoms with Crippen molar-refractivity contribution >= 4 is 23.4 Å². The summed E-state index contributed by atoms with van der Waals surface area (Å²) in [6.45, 7) is 4.87. The summed E-state index contributed by atoms with van der Waals surface area (Å²) in [5.74, 6) is 1.63. The van der Waals surface area contributed by atoms with E-state index in [9.17, 15) is 0 Å². The van der Waals surface area contributed by atoms with E-state index >= 15 is 0 Å². The van der Waals surface area contributed by atoms with Crippen molar-refractivity contribution in [3.63, 3.8) is 0 Å². The summed E-state index contributed by atoms with van der Waals surface area (Å²) in [4.78, 5) is 9.76. The van der Waals surface area contributed by atoms with Crippen LogP contribution in [-0.2, 0) is 6.54 Å². The molecule has 0 bridgehead atoms. The lowest BCUT2D eigenvalue weighted by Gasteiger charge is -2.25. The minimum absolute atomic E-state index is 0.653. The van der Waals surface area contributed by atoms with Crippen LogP contribution >= 0.6 is 11.7 Å². The largest absolute Gasteiger partial charge is 0.397 e. The summed E-state index contributed by atoms with van der Waals surface area (Å²) >= 11 is 1.21. The molecule has 0 atom stereocenters. The van der Waals surface area contributed by atoms with Gasteiger partial charge in [-0.1, -0.05) is 6.42 Å². The van der Waals surface area contributed by atoms with E-state index in [0.717, 1.165) is 37.6 Å². The molecular weight excluding hydrogens is 338 g/mol. The molecule has 25 heavy (non-hydrogen) atoms. The average Bonchev–Trinajstić information content (AvgIpc) is 3.28. The zero-order valence-electron chi connectivity index (χ0n) is 14.8. The van der Waals surface area contributed by atoms with Gasteiger partial charge in [-0.15, -0.1) is 9.94 Å². The molecule has 2 aromatic heterocycles. The van der Waals surface area contributed by atoms with Gasteiger partial charge in [0.25, 0.3) is 0 Å².